The summed E-state index contributed by atoms with van der Waals surface area (Å²) in [6.45, 7) is 1.89. The van der Waals surface area contributed by atoms with E-state index in [1.807, 2.05) is 6.92 Å². The van der Waals surface area contributed by atoms with Crippen LogP contribution in [0.15, 0.2) is 47.4 Å². The lowest BCUT2D eigenvalue weighted by atomic mass is 9.96. The van der Waals surface area contributed by atoms with Crippen LogP contribution in [0.4, 0.5) is 10.7 Å². The standard InChI is InChI=1S/C28H25N3O6S2/c1-2-22(25(33)31-26-21(14-29)18-8-3-4-9-23(18)39-26)38-17-7-5-6-16(13-17)30-24(32)19-11-10-15(27(34)35)12-20(19)28(36)37/h5-7,10-13,22H,2-4,8-9H2,1H3,(H,30,32)(H,31,33)(H,34,35)(H,36,37). The van der Waals surface area contributed by atoms with Crippen LogP contribution >= 0.6 is 23.1 Å². The number of fused-ring (bicyclic) bond motifs is 1. The van der Waals surface area contributed by atoms with Gasteiger partial charge in [-0.05, 0) is 74.1 Å². The Morgan fingerprint density at radius 2 is 1.79 bits per heavy atom. The summed E-state index contributed by atoms with van der Waals surface area (Å²) in [4.78, 5) is 50.7. The predicted octanol–water partition coefficient (Wildman–Crippen LogP) is 5.66. The number of aryl methyl sites for hydroxylation is 1. The summed E-state index contributed by atoms with van der Waals surface area (Å²) in [6.07, 6.45) is 4.42. The van der Waals surface area contributed by atoms with E-state index < -0.39 is 28.7 Å². The van der Waals surface area contributed by atoms with E-state index in [0.29, 0.717) is 27.6 Å². The third kappa shape index (κ3) is 6.30. The fourth-order valence-corrected chi connectivity index (χ4v) is 6.60. The monoisotopic (exact) mass is 563 g/mol. The minimum atomic E-state index is -1.42. The first-order valence-corrected chi connectivity index (χ1v) is 14.0. The largest absolute Gasteiger partial charge is 0.478 e. The zero-order valence-electron chi connectivity index (χ0n) is 20.9. The van der Waals surface area contributed by atoms with E-state index in [0.717, 1.165) is 43.4 Å². The minimum absolute atomic E-state index is 0.177. The first-order chi connectivity index (χ1) is 18.7. The van der Waals surface area contributed by atoms with Crippen molar-refractivity contribution in [1.29, 1.82) is 5.26 Å². The second kappa shape index (κ2) is 12.1. The number of nitrogens with one attached hydrogen (secondary N) is 2. The molecule has 9 nitrogen and oxygen atoms in total. The number of rotatable bonds is 9. The molecule has 4 N–H and O–H groups in total. The molecule has 200 valence electrons. The van der Waals surface area contributed by atoms with Crippen molar-refractivity contribution in [1.82, 2.24) is 0 Å². The van der Waals surface area contributed by atoms with Gasteiger partial charge in [0, 0.05) is 15.5 Å². The maximum absolute atomic E-state index is 13.2. The molecule has 39 heavy (non-hydrogen) atoms. The van der Waals surface area contributed by atoms with E-state index in [9.17, 15) is 29.5 Å². The minimum Gasteiger partial charge on any atom is -0.478 e. The Kier molecular flexibility index (Phi) is 8.69. The molecule has 2 aromatic carbocycles. The molecule has 0 saturated carbocycles. The number of carboxylic acid groups (broad SMARTS) is 2. The van der Waals surface area contributed by atoms with E-state index in [1.165, 1.54) is 34.0 Å². The summed E-state index contributed by atoms with van der Waals surface area (Å²) < 4.78 is 0. The summed E-state index contributed by atoms with van der Waals surface area (Å²) in [7, 11) is 0. The molecule has 0 fully saturated rings. The topological polar surface area (TPSA) is 157 Å². The van der Waals surface area contributed by atoms with Crippen LogP contribution in [-0.4, -0.2) is 39.2 Å². The highest BCUT2D eigenvalue weighted by molar-refractivity contribution is 8.00. The van der Waals surface area contributed by atoms with Gasteiger partial charge in [0.25, 0.3) is 5.91 Å². The number of carbonyl (C=O) groups excluding carboxylic acids is 2. The molecule has 0 saturated heterocycles. The third-order valence-electron chi connectivity index (χ3n) is 6.29. The molecular weight excluding hydrogens is 538 g/mol. The molecule has 1 aromatic heterocycles. The maximum Gasteiger partial charge on any atom is 0.336 e. The zero-order valence-corrected chi connectivity index (χ0v) is 22.6. The normalized spacial score (nSPS) is 13.0. The Bertz CT molecular complexity index is 1510. The molecule has 3 aromatic rings. The van der Waals surface area contributed by atoms with Crippen molar-refractivity contribution >= 4 is 57.5 Å². The lowest BCUT2D eigenvalue weighted by Gasteiger charge is -2.15. The SMILES string of the molecule is CCC(Sc1cccc(NC(=O)c2ccc(C(=O)O)cc2C(=O)O)c1)C(=O)Nc1sc2c(c1C#N)CCCC2. The average Bonchev–Trinajstić information content (AvgIpc) is 3.28. The number of carbonyl (C=O) groups is 4. The van der Waals surface area contributed by atoms with E-state index in [1.54, 1.807) is 24.3 Å². The fraction of sp³-hybridized carbons (Fsp3) is 0.250. The summed E-state index contributed by atoms with van der Waals surface area (Å²) in [5, 5.41) is 34.0. The van der Waals surface area contributed by atoms with Gasteiger partial charge >= 0.3 is 11.9 Å². The molecule has 0 radical (unpaired) electrons. The van der Waals surface area contributed by atoms with Crippen LogP contribution in [0, 0.1) is 11.3 Å². The number of nitrogens with zero attached hydrogens (tertiary/aromatic N) is 1. The summed E-state index contributed by atoms with van der Waals surface area (Å²) in [5.41, 5.74) is 1.16. The molecule has 0 spiro atoms. The molecule has 1 aliphatic carbocycles. The van der Waals surface area contributed by atoms with Crippen LogP contribution in [0.2, 0.25) is 0 Å². The number of thioether (sulfide) groups is 1. The number of anilines is 2. The Hall–Kier alpha value is -4.14. The lowest BCUT2D eigenvalue weighted by Crippen LogP contribution is -2.24. The Morgan fingerprint density at radius 1 is 1.03 bits per heavy atom. The first-order valence-electron chi connectivity index (χ1n) is 12.3. The highest BCUT2D eigenvalue weighted by Gasteiger charge is 2.25. The second-order valence-electron chi connectivity index (χ2n) is 8.88. The number of thiophene rings is 1. The predicted molar refractivity (Wildman–Crippen MR) is 149 cm³/mol. The first kappa shape index (κ1) is 27.9. The van der Waals surface area contributed by atoms with Gasteiger partial charge in [-0.25, -0.2) is 9.59 Å². The van der Waals surface area contributed by atoms with Gasteiger partial charge in [0.05, 0.1) is 27.5 Å². The van der Waals surface area contributed by atoms with E-state index in [4.69, 9.17) is 5.11 Å². The maximum atomic E-state index is 13.2. The van der Waals surface area contributed by atoms with Gasteiger partial charge in [0.15, 0.2) is 0 Å². The number of hydrogen-bond acceptors (Lipinski definition) is 7. The van der Waals surface area contributed by atoms with Crippen LogP contribution in [0.25, 0.3) is 0 Å². The Morgan fingerprint density at radius 3 is 2.49 bits per heavy atom. The molecule has 0 aliphatic heterocycles. The Balaban J connectivity index is 1.48. The number of hydrogen-bond donors (Lipinski definition) is 4. The number of nitriles is 1. The fourth-order valence-electron chi connectivity index (χ4n) is 4.35. The van der Waals surface area contributed by atoms with Gasteiger partial charge < -0.3 is 20.8 Å². The molecule has 1 atom stereocenters. The van der Waals surface area contributed by atoms with Crippen LogP contribution < -0.4 is 10.6 Å². The molecule has 11 heteroatoms. The van der Waals surface area contributed by atoms with Crippen molar-refractivity contribution in [2.45, 2.75) is 49.2 Å². The van der Waals surface area contributed by atoms with E-state index >= 15 is 0 Å². The van der Waals surface area contributed by atoms with Crippen molar-refractivity contribution in [2.24, 2.45) is 0 Å². The van der Waals surface area contributed by atoms with Gasteiger partial charge in [0.2, 0.25) is 5.91 Å². The number of carboxylic acids is 2. The van der Waals surface area contributed by atoms with Crippen molar-refractivity contribution in [3.8, 4) is 6.07 Å². The van der Waals surface area contributed by atoms with Crippen LogP contribution in [-0.2, 0) is 17.6 Å². The molecule has 4 rings (SSSR count). The van der Waals surface area contributed by atoms with Gasteiger partial charge in [0.1, 0.15) is 11.1 Å². The van der Waals surface area contributed by atoms with Gasteiger partial charge in [-0.3, -0.25) is 9.59 Å². The molecule has 0 bridgehead atoms. The van der Waals surface area contributed by atoms with Gasteiger partial charge in [-0.1, -0.05) is 13.0 Å². The Labute approximate surface area is 232 Å². The molecule has 1 unspecified atom stereocenters. The summed E-state index contributed by atoms with van der Waals surface area (Å²) >= 11 is 2.79. The molecular formula is C28H25N3O6S2. The van der Waals surface area contributed by atoms with Crippen LogP contribution in [0.5, 0.6) is 0 Å². The summed E-state index contributed by atoms with van der Waals surface area (Å²) in [6, 6.07) is 12.3. The second-order valence-corrected chi connectivity index (χ2v) is 11.3. The van der Waals surface area contributed by atoms with Gasteiger partial charge in [-0.15, -0.1) is 23.1 Å². The molecule has 1 aliphatic rings. The molecule has 2 amide bonds. The lowest BCUT2D eigenvalue weighted by molar-refractivity contribution is -0.115. The highest BCUT2D eigenvalue weighted by Crippen LogP contribution is 2.38. The highest BCUT2D eigenvalue weighted by atomic mass is 32.2. The number of amides is 2. The van der Waals surface area contributed by atoms with Crippen molar-refractivity contribution in [3.63, 3.8) is 0 Å². The molecule has 1 heterocycles. The summed E-state index contributed by atoms with van der Waals surface area (Å²) in [5.74, 6) is -3.64. The van der Waals surface area contributed by atoms with E-state index in [-0.39, 0.29) is 17.0 Å². The van der Waals surface area contributed by atoms with Crippen LogP contribution in [0.1, 0.15) is 73.3 Å². The smallest absolute Gasteiger partial charge is 0.336 e. The van der Waals surface area contributed by atoms with Gasteiger partial charge in [-0.2, -0.15) is 5.26 Å². The van der Waals surface area contributed by atoms with Crippen molar-refractivity contribution in [3.05, 3.63) is 75.2 Å². The van der Waals surface area contributed by atoms with Crippen molar-refractivity contribution in [2.75, 3.05) is 10.6 Å². The van der Waals surface area contributed by atoms with Crippen LogP contribution in [0.3, 0.4) is 0 Å². The number of benzene rings is 2. The quantitative estimate of drug-likeness (QED) is 0.243. The number of aromatic carboxylic acids is 2. The average molecular weight is 564 g/mol. The van der Waals surface area contributed by atoms with E-state index in [2.05, 4.69) is 16.7 Å². The third-order valence-corrected chi connectivity index (χ3v) is 8.86. The zero-order chi connectivity index (χ0) is 28.1. The van der Waals surface area contributed by atoms with Crippen molar-refractivity contribution < 1.29 is 29.4 Å².